The van der Waals surface area contributed by atoms with Gasteiger partial charge in [0.15, 0.2) is 0 Å². The number of carbonyl (C=O) groups excluding carboxylic acids is 1. The predicted octanol–water partition coefficient (Wildman–Crippen LogP) is 2.28. The number of ether oxygens (including phenoxy) is 1. The van der Waals surface area contributed by atoms with E-state index in [0.717, 1.165) is 0 Å². The van der Waals surface area contributed by atoms with Crippen molar-refractivity contribution in [2.45, 2.75) is 20.3 Å². The molecule has 2 rings (SSSR count). The van der Waals surface area contributed by atoms with Gasteiger partial charge in [-0.15, -0.1) is 0 Å². The Bertz CT molecular complexity index is 566. The molecule has 0 saturated heterocycles. The third-order valence-electron chi connectivity index (χ3n) is 2.55. The van der Waals surface area contributed by atoms with Gasteiger partial charge in [0.25, 0.3) is 5.91 Å². The molecule has 0 spiro atoms. The molecule has 19 heavy (non-hydrogen) atoms. The summed E-state index contributed by atoms with van der Waals surface area (Å²) < 4.78 is 10.0. The summed E-state index contributed by atoms with van der Waals surface area (Å²) in [5.41, 5.74) is 1.07. The fourth-order valence-corrected chi connectivity index (χ4v) is 1.64. The predicted molar refractivity (Wildman–Crippen MR) is 69.2 cm³/mol. The summed E-state index contributed by atoms with van der Waals surface area (Å²) in [5.74, 6) is 0.588. The maximum atomic E-state index is 12.2. The molecule has 0 bridgehead atoms. The fraction of sp³-hybridized carbons (Fsp3) is 0.308. The molecule has 0 radical (unpaired) electrons. The van der Waals surface area contributed by atoms with Crippen LogP contribution in [0.25, 0.3) is 0 Å². The highest BCUT2D eigenvalue weighted by Crippen LogP contribution is 2.20. The SMILES string of the molecule is CCOc1ccccc1C(=O)Nc1nonc1CC. The number of amides is 1. The van der Waals surface area contributed by atoms with Gasteiger partial charge in [-0.2, -0.15) is 0 Å². The minimum atomic E-state index is -0.297. The smallest absolute Gasteiger partial charge is 0.260 e. The van der Waals surface area contributed by atoms with Crippen molar-refractivity contribution in [2.24, 2.45) is 0 Å². The van der Waals surface area contributed by atoms with Crippen molar-refractivity contribution >= 4 is 11.7 Å². The Morgan fingerprint density at radius 3 is 2.84 bits per heavy atom. The molecule has 0 aliphatic rings. The van der Waals surface area contributed by atoms with Crippen molar-refractivity contribution in [3.05, 3.63) is 35.5 Å². The van der Waals surface area contributed by atoms with Gasteiger partial charge in [-0.3, -0.25) is 4.79 Å². The molecule has 1 heterocycles. The van der Waals surface area contributed by atoms with Gasteiger partial charge in [-0.05, 0) is 30.6 Å². The van der Waals surface area contributed by atoms with E-state index >= 15 is 0 Å². The molecule has 0 aliphatic heterocycles. The van der Waals surface area contributed by atoms with E-state index in [4.69, 9.17) is 4.74 Å². The van der Waals surface area contributed by atoms with E-state index in [0.29, 0.717) is 35.9 Å². The Balaban J connectivity index is 2.20. The van der Waals surface area contributed by atoms with E-state index in [1.807, 2.05) is 19.9 Å². The molecule has 1 aromatic carbocycles. The summed E-state index contributed by atoms with van der Waals surface area (Å²) >= 11 is 0. The second-order valence-corrected chi connectivity index (χ2v) is 3.80. The highest BCUT2D eigenvalue weighted by molar-refractivity contribution is 6.05. The fourth-order valence-electron chi connectivity index (χ4n) is 1.64. The zero-order chi connectivity index (χ0) is 13.7. The molecule has 1 N–H and O–H groups in total. The molecule has 6 nitrogen and oxygen atoms in total. The van der Waals surface area contributed by atoms with E-state index < -0.39 is 0 Å². The molecule has 100 valence electrons. The van der Waals surface area contributed by atoms with Crippen molar-refractivity contribution < 1.29 is 14.2 Å². The first-order chi connectivity index (χ1) is 9.26. The van der Waals surface area contributed by atoms with Crippen LogP contribution in [-0.2, 0) is 6.42 Å². The lowest BCUT2D eigenvalue weighted by Gasteiger charge is -2.09. The normalized spacial score (nSPS) is 10.2. The van der Waals surface area contributed by atoms with E-state index in [9.17, 15) is 4.79 Å². The molecule has 0 atom stereocenters. The first-order valence-electron chi connectivity index (χ1n) is 6.10. The summed E-state index contributed by atoms with van der Waals surface area (Å²) in [4.78, 5) is 12.2. The zero-order valence-corrected chi connectivity index (χ0v) is 10.8. The number of hydrogen-bond acceptors (Lipinski definition) is 5. The van der Waals surface area contributed by atoms with Gasteiger partial charge in [-0.25, -0.2) is 4.63 Å². The molecule has 1 aromatic heterocycles. The number of anilines is 1. The molecule has 1 amide bonds. The van der Waals surface area contributed by atoms with Gasteiger partial charge in [0.1, 0.15) is 11.4 Å². The van der Waals surface area contributed by atoms with Crippen LogP contribution in [-0.4, -0.2) is 22.8 Å². The quantitative estimate of drug-likeness (QED) is 0.893. The van der Waals surface area contributed by atoms with Crippen LogP contribution in [0.5, 0.6) is 5.75 Å². The Hall–Kier alpha value is -2.37. The first-order valence-corrected chi connectivity index (χ1v) is 6.10. The molecule has 0 unspecified atom stereocenters. The summed E-state index contributed by atoms with van der Waals surface area (Å²) in [6, 6.07) is 7.04. The largest absolute Gasteiger partial charge is 0.493 e. The third-order valence-corrected chi connectivity index (χ3v) is 2.55. The van der Waals surface area contributed by atoms with E-state index in [-0.39, 0.29) is 5.91 Å². The monoisotopic (exact) mass is 261 g/mol. The molecule has 0 saturated carbocycles. The second kappa shape index (κ2) is 5.99. The summed E-state index contributed by atoms with van der Waals surface area (Å²) in [6.45, 7) is 4.27. The van der Waals surface area contributed by atoms with Crippen LogP contribution in [0, 0.1) is 0 Å². The van der Waals surface area contributed by atoms with Gasteiger partial charge in [-0.1, -0.05) is 24.2 Å². The van der Waals surface area contributed by atoms with E-state index in [1.54, 1.807) is 18.2 Å². The van der Waals surface area contributed by atoms with Gasteiger partial charge in [0, 0.05) is 0 Å². The van der Waals surface area contributed by atoms with Crippen LogP contribution in [0.1, 0.15) is 29.9 Å². The van der Waals surface area contributed by atoms with Crippen molar-refractivity contribution in [1.82, 2.24) is 10.3 Å². The lowest BCUT2D eigenvalue weighted by molar-refractivity contribution is 0.102. The minimum absolute atomic E-state index is 0.297. The van der Waals surface area contributed by atoms with E-state index in [1.165, 1.54) is 0 Å². The van der Waals surface area contributed by atoms with Crippen molar-refractivity contribution in [3.63, 3.8) is 0 Å². The molecule has 6 heteroatoms. The summed E-state index contributed by atoms with van der Waals surface area (Å²) in [6.07, 6.45) is 0.631. The van der Waals surface area contributed by atoms with Crippen LogP contribution in [0.3, 0.4) is 0 Å². The lowest BCUT2D eigenvalue weighted by Crippen LogP contribution is -2.15. The average molecular weight is 261 g/mol. The number of carbonyl (C=O) groups is 1. The Morgan fingerprint density at radius 1 is 1.32 bits per heavy atom. The number of nitrogens with zero attached hydrogens (tertiary/aromatic N) is 2. The van der Waals surface area contributed by atoms with Gasteiger partial charge in [0.2, 0.25) is 5.82 Å². The summed E-state index contributed by atoms with van der Waals surface area (Å²) in [7, 11) is 0. The minimum Gasteiger partial charge on any atom is -0.493 e. The second-order valence-electron chi connectivity index (χ2n) is 3.80. The standard InChI is InChI=1S/C13H15N3O3/c1-3-10-12(16-19-15-10)14-13(17)9-7-5-6-8-11(9)18-4-2/h5-8H,3-4H2,1-2H3,(H,14,16,17). The Morgan fingerprint density at radius 2 is 2.11 bits per heavy atom. The highest BCUT2D eigenvalue weighted by atomic mass is 16.6. The number of para-hydroxylation sites is 1. The first kappa shape index (κ1) is 13.1. The number of hydrogen-bond donors (Lipinski definition) is 1. The van der Waals surface area contributed by atoms with Crippen LogP contribution in [0.4, 0.5) is 5.82 Å². The molecule has 0 aliphatic carbocycles. The van der Waals surface area contributed by atoms with Gasteiger partial charge < -0.3 is 10.1 Å². The summed E-state index contributed by atoms with van der Waals surface area (Å²) in [5, 5.41) is 10.0. The maximum absolute atomic E-state index is 12.2. The number of benzene rings is 1. The molecular weight excluding hydrogens is 246 g/mol. The number of rotatable bonds is 5. The Kier molecular flexibility index (Phi) is 4.12. The number of nitrogens with one attached hydrogen (secondary N) is 1. The Labute approximate surface area is 110 Å². The molecular formula is C13H15N3O3. The maximum Gasteiger partial charge on any atom is 0.260 e. The van der Waals surface area contributed by atoms with Crippen molar-refractivity contribution in [3.8, 4) is 5.75 Å². The van der Waals surface area contributed by atoms with E-state index in [2.05, 4.69) is 20.3 Å². The van der Waals surface area contributed by atoms with Gasteiger partial charge in [0.05, 0.1) is 12.2 Å². The third kappa shape index (κ3) is 2.90. The highest BCUT2D eigenvalue weighted by Gasteiger charge is 2.16. The van der Waals surface area contributed by atoms with Crippen molar-refractivity contribution in [2.75, 3.05) is 11.9 Å². The van der Waals surface area contributed by atoms with Gasteiger partial charge >= 0.3 is 0 Å². The number of aromatic nitrogens is 2. The number of aryl methyl sites for hydroxylation is 1. The average Bonchev–Trinajstić information content (AvgIpc) is 2.87. The van der Waals surface area contributed by atoms with Crippen LogP contribution >= 0.6 is 0 Å². The zero-order valence-electron chi connectivity index (χ0n) is 10.8. The molecule has 0 fully saturated rings. The van der Waals surface area contributed by atoms with Crippen molar-refractivity contribution in [1.29, 1.82) is 0 Å². The van der Waals surface area contributed by atoms with Crippen LogP contribution in [0.15, 0.2) is 28.9 Å². The lowest BCUT2D eigenvalue weighted by atomic mass is 10.2. The molecule has 2 aromatic rings. The van der Waals surface area contributed by atoms with Crippen LogP contribution < -0.4 is 10.1 Å². The topological polar surface area (TPSA) is 77.2 Å². The van der Waals surface area contributed by atoms with Crippen LogP contribution in [0.2, 0.25) is 0 Å².